The molecular formula is C77H118O6. The van der Waals surface area contributed by atoms with E-state index in [2.05, 4.69) is 90.9 Å². The summed E-state index contributed by atoms with van der Waals surface area (Å²) in [5.41, 5.74) is 6.63. The van der Waals surface area contributed by atoms with E-state index < -0.39 is 11.8 Å². The number of benzene rings is 2. The average Bonchev–Trinajstić information content (AvgIpc) is 2.57. The number of rotatable bonds is 30. The van der Waals surface area contributed by atoms with Gasteiger partial charge in [0.25, 0.3) is 0 Å². The fourth-order valence-electron chi connectivity index (χ4n) is 19.9. The van der Waals surface area contributed by atoms with Crippen molar-refractivity contribution in [2.75, 3.05) is 13.2 Å². The van der Waals surface area contributed by atoms with Gasteiger partial charge in [-0.2, -0.15) is 0 Å². The van der Waals surface area contributed by atoms with Crippen LogP contribution in [0, 0.1) is 70.0 Å². The molecule has 12 atom stereocenters. The van der Waals surface area contributed by atoms with Crippen molar-refractivity contribution < 1.29 is 28.5 Å². The number of esters is 2. The molecule has 0 N–H and O–H groups in total. The Morgan fingerprint density at radius 3 is 1.64 bits per heavy atom. The van der Waals surface area contributed by atoms with E-state index in [0.29, 0.717) is 24.5 Å². The molecule has 6 nitrogen and oxygen atoms in total. The molecule has 0 aromatic heterocycles. The number of ether oxygens (including phenoxy) is 4. The first-order chi connectivity index (χ1) is 40.4. The summed E-state index contributed by atoms with van der Waals surface area (Å²) in [4.78, 5) is 31.4. The first-order valence-electron chi connectivity index (χ1n) is 36.1. The van der Waals surface area contributed by atoms with Gasteiger partial charge in [-0.3, -0.25) is 9.59 Å². The average molecular weight is 1140 g/mol. The van der Waals surface area contributed by atoms with Gasteiger partial charge in [-0.15, -0.1) is 0 Å². The number of carbonyl (C=O) groups excluding carboxylic acids is 2. The molecule has 0 unspecified atom stereocenters. The molecule has 0 heterocycles. The van der Waals surface area contributed by atoms with Crippen LogP contribution in [-0.2, 0) is 19.1 Å². The fraction of sp³-hybridized carbons (Fsp3) is 0.792. The summed E-state index contributed by atoms with van der Waals surface area (Å²) < 4.78 is 27.0. The first kappa shape index (κ1) is 62.8. The molecule has 0 aliphatic heterocycles. The molecule has 2 bridgehead atoms. The molecule has 2 aromatic rings. The minimum Gasteiger partial charge on any atom is -0.494 e. The number of unbranched alkanes of at least 4 members (excludes halogenated alkanes) is 14. The molecule has 5 fully saturated rings. The van der Waals surface area contributed by atoms with Crippen molar-refractivity contribution in [2.24, 2.45) is 70.0 Å². The Hall–Kier alpha value is -3.28. The van der Waals surface area contributed by atoms with Crippen molar-refractivity contribution in [1.82, 2.24) is 0 Å². The number of carbonyl (C=O) groups is 2. The highest BCUT2D eigenvalue weighted by atomic mass is 16.6. The molecule has 0 amide bonds. The topological polar surface area (TPSA) is 71.1 Å². The van der Waals surface area contributed by atoms with Gasteiger partial charge < -0.3 is 18.9 Å². The number of allylic oxidation sites excluding steroid dienone is 1. The van der Waals surface area contributed by atoms with Crippen LogP contribution in [-0.4, -0.2) is 37.4 Å². The van der Waals surface area contributed by atoms with Gasteiger partial charge >= 0.3 is 11.9 Å². The third-order valence-electron chi connectivity index (χ3n) is 24.5. The lowest BCUT2D eigenvalue weighted by Gasteiger charge is -2.58. The van der Waals surface area contributed by atoms with Gasteiger partial charge in [0.05, 0.1) is 25.0 Å². The molecule has 11 rings (SSSR count). The van der Waals surface area contributed by atoms with Crippen LogP contribution in [0.25, 0.3) is 0 Å². The maximum absolute atomic E-state index is 15.8. The molecule has 0 saturated heterocycles. The van der Waals surface area contributed by atoms with E-state index in [1.165, 1.54) is 173 Å². The van der Waals surface area contributed by atoms with Crippen molar-refractivity contribution in [2.45, 2.75) is 304 Å². The second-order valence-electron chi connectivity index (χ2n) is 30.2. The zero-order valence-electron chi connectivity index (χ0n) is 53.9. The molecule has 9 aliphatic rings. The van der Waals surface area contributed by atoms with Crippen LogP contribution in [0.2, 0.25) is 0 Å². The molecule has 83 heavy (non-hydrogen) atoms. The van der Waals surface area contributed by atoms with Crippen molar-refractivity contribution in [3.05, 3.63) is 70.3 Å². The summed E-state index contributed by atoms with van der Waals surface area (Å²) in [6, 6.07) is 13.2. The van der Waals surface area contributed by atoms with Crippen molar-refractivity contribution in [1.29, 1.82) is 0 Å². The fourth-order valence-corrected chi connectivity index (χ4v) is 19.9. The summed E-state index contributed by atoms with van der Waals surface area (Å²) in [5.74, 6) is 5.47. The van der Waals surface area contributed by atoms with Gasteiger partial charge in [-0.25, -0.2) is 0 Å². The smallest absolute Gasteiger partial charge is 0.311 e. The molecule has 462 valence electrons. The van der Waals surface area contributed by atoms with Crippen molar-refractivity contribution in [3.8, 4) is 11.5 Å². The normalized spacial score (nSPS) is 32.1. The predicted octanol–water partition coefficient (Wildman–Crippen LogP) is 21.2. The number of hydrogen-bond donors (Lipinski definition) is 0. The van der Waals surface area contributed by atoms with E-state index >= 15 is 9.59 Å². The summed E-state index contributed by atoms with van der Waals surface area (Å²) >= 11 is 0. The summed E-state index contributed by atoms with van der Waals surface area (Å²) in [7, 11) is 0. The Bertz CT molecular complexity index is 2410. The monoisotopic (exact) mass is 1140 g/mol. The minimum atomic E-state index is -0.699. The Kier molecular flexibility index (Phi) is 22.4. The maximum atomic E-state index is 15.8. The SMILES string of the molecule is CCCCCCCCCCOc1ccc2c(c1)[C@@H]1c3ccc(OCCCCCCCCCC)cc3[C@H]2[C@H](C(=O)O[C@H]2CC[C@@]3(C)C(=CC[C@H]4[C@@H]5CC[C@H]([C@H](C)CCCC(C)C)[C@@]5(C)CC[C@@H]43)C2)[C@H]1C(=O)OC1CCC(C2CCCCC2)CC1. The van der Waals surface area contributed by atoms with Crippen LogP contribution >= 0.6 is 0 Å². The van der Waals surface area contributed by atoms with Gasteiger partial charge in [0.2, 0.25) is 0 Å². The van der Waals surface area contributed by atoms with E-state index in [9.17, 15) is 0 Å². The lowest BCUT2D eigenvalue weighted by molar-refractivity contribution is -0.171. The van der Waals surface area contributed by atoms with Crippen LogP contribution in [0.4, 0.5) is 0 Å². The maximum Gasteiger partial charge on any atom is 0.311 e. The van der Waals surface area contributed by atoms with Crippen LogP contribution in [0.3, 0.4) is 0 Å². The second-order valence-corrected chi connectivity index (χ2v) is 30.2. The third-order valence-corrected chi connectivity index (χ3v) is 24.5. The predicted molar refractivity (Wildman–Crippen MR) is 341 cm³/mol. The lowest BCUT2D eigenvalue weighted by Crippen LogP contribution is -2.51. The molecular weight excluding hydrogens is 1020 g/mol. The van der Waals surface area contributed by atoms with Gasteiger partial charge in [0, 0.05) is 18.3 Å². The highest BCUT2D eigenvalue weighted by Gasteiger charge is 2.61. The quantitative estimate of drug-likeness (QED) is 0.0441. The molecule has 2 aromatic carbocycles. The number of fused-ring (bicyclic) bond motifs is 6. The van der Waals surface area contributed by atoms with E-state index in [0.717, 1.165) is 133 Å². The zero-order valence-corrected chi connectivity index (χ0v) is 53.9. The highest BCUT2D eigenvalue weighted by Crippen LogP contribution is 2.68. The van der Waals surface area contributed by atoms with Crippen LogP contribution in [0.5, 0.6) is 11.5 Å². The van der Waals surface area contributed by atoms with Crippen LogP contribution in [0.1, 0.15) is 314 Å². The number of hydrogen-bond acceptors (Lipinski definition) is 6. The Morgan fingerprint density at radius 1 is 0.530 bits per heavy atom. The minimum absolute atomic E-state index is 0.115. The van der Waals surface area contributed by atoms with Crippen LogP contribution < -0.4 is 9.47 Å². The van der Waals surface area contributed by atoms with Crippen molar-refractivity contribution >= 4 is 11.9 Å². The third kappa shape index (κ3) is 14.5. The van der Waals surface area contributed by atoms with E-state index in [1.807, 2.05) is 0 Å². The first-order valence-corrected chi connectivity index (χ1v) is 36.1. The summed E-state index contributed by atoms with van der Waals surface area (Å²) in [5, 5.41) is 0. The van der Waals surface area contributed by atoms with Gasteiger partial charge in [0.1, 0.15) is 23.7 Å². The Balaban J connectivity index is 0.888. The largest absolute Gasteiger partial charge is 0.494 e. The van der Waals surface area contributed by atoms with E-state index in [1.54, 1.807) is 5.57 Å². The lowest BCUT2D eigenvalue weighted by atomic mass is 9.47. The summed E-state index contributed by atoms with van der Waals surface area (Å²) in [6.45, 7) is 18.6. The molecule has 0 spiro atoms. The zero-order chi connectivity index (χ0) is 57.9. The molecule has 6 heteroatoms. The van der Waals surface area contributed by atoms with Gasteiger partial charge in [-0.1, -0.05) is 214 Å². The van der Waals surface area contributed by atoms with E-state index in [4.69, 9.17) is 18.9 Å². The summed E-state index contributed by atoms with van der Waals surface area (Å²) in [6.07, 6.45) is 46.9. The van der Waals surface area contributed by atoms with Crippen LogP contribution in [0.15, 0.2) is 48.0 Å². The second kappa shape index (κ2) is 29.6. The highest BCUT2D eigenvalue weighted by molar-refractivity contribution is 5.88. The van der Waals surface area contributed by atoms with Gasteiger partial charge in [-0.05, 0) is 188 Å². The Morgan fingerprint density at radius 2 is 1.07 bits per heavy atom. The van der Waals surface area contributed by atoms with Gasteiger partial charge in [0.15, 0.2) is 0 Å². The molecule has 5 saturated carbocycles. The Labute approximate surface area is 506 Å². The molecule has 9 aliphatic carbocycles. The standard InChI is InChI=1S/C77H118O6/c1-8-10-12-14-16-18-20-25-48-80-59-38-41-63-65(51-59)70-62-40-37-60(81-49-26-21-19-17-15-13-11-9-2)52-66(62)71(63)73(72(70)74(78)82-58-35-32-56(33-36-58)55-30-23-22-24-31-55)75(79)83-61-44-46-76(6)57(50-61)34-39-64-68-43-42-67(54(5)29-27-28-53(3)4)77(68,7)47-45-69(64)76/h34,37-38,40-41,51-56,58,61,64,67-73H,8-33,35-36,39,42-50H2,1-7H3/t54-,56?,58?,61+,64+,67-,68+,69+,70+,71+,72+,73+,76+,77-/m1/s1. The molecule has 0 radical (unpaired) electrons. The van der Waals surface area contributed by atoms with E-state index in [-0.39, 0.29) is 41.4 Å². The van der Waals surface area contributed by atoms with Crippen molar-refractivity contribution in [3.63, 3.8) is 0 Å².